The SMILES string of the molecule is CCNC(=O)NC(=O)CN1CCN(C(=O)Cc2cccc(OC)c2)CC1. The molecular formula is C18H26N4O4. The predicted molar refractivity (Wildman–Crippen MR) is 96.9 cm³/mol. The highest BCUT2D eigenvalue weighted by molar-refractivity contribution is 5.95. The van der Waals surface area contributed by atoms with Crippen LogP contribution in [0, 0.1) is 0 Å². The lowest BCUT2D eigenvalue weighted by atomic mass is 10.1. The van der Waals surface area contributed by atoms with Crippen molar-refractivity contribution in [3.63, 3.8) is 0 Å². The van der Waals surface area contributed by atoms with Gasteiger partial charge in [0.05, 0.1) is 20.1 Å². The zero-order valence-corrected chi connectivity index (χ0v) is 15.3. The van der Waals surface area contributed by atoms with Crippen molar-refractivity contribution in [3.8, 4) is 5.75 Å². The predicted octanol–water partition coefficient (Wildman–Crippen LogP) is 0.228. The van der Waals surface area contributed by atoms with Crippen LogP contribution in [0.1, 0.15) is 12.5 Å². The number of hydrogen-bond acceptors (Lipinski definition) is 5. The lowest BCUT2D eigenvalue weighted by molar-refractivity contribution is -0.132. The third kappa shape index (κ3) is 6.03. The van der Waals surface area contributed by atoms with Gasteiger partial charge in [0, 0.05) is 32.7 Å². The van der Waals surface area contributed by atoms with Gasteiger partial charge in [-0.3, -0.25) is 19.8 Å². The number of carbonyl (C=O) groups excluding carboxylic acids is 3. The zero-order chi connectivity index (χ0) is 18.9. The molecule has 2 N–H and O–H groups in total. The Balaban J connectivity index is 1.75. The molecule has 1 fully saturated rings. The highest BCUT2D eigenvalue weighted by Gasteiger charge is 2.23. The molecule has 1 aliphatic heterocycles. The van der Waals surface area contributed by atoms with Crippen molar-refractivity contribution in [2.24, 2.45) is 0 Å². The molecule has 1 heterocycles. The van der Waals surface area contributed by atoms with E-state index in [1.807, 2.05) is 29.2 Å². The van der Waals surface area contributed by atoms with E-state index >= 15 is 0 Å². The molecule has 8 nitrogen and oxygen atoms in total. The first kappa shape index (κ1) is 19.7. The molecule has 26 heavy (non-hydrogen) atoms. The summed E-state index contributed by atoms with van der Waals surface area (Å²) in [4.78, 5) is 39.3. The minimum Gasteiger partial charge on any atom is -0.497 e. The fourth-order valence-electron chi connectivity index (χ4n) is 2.80. The highest BCUT2D eigenvalue weighted by Crippen LogP contribution is 2.14. The fraction of sp³-hybridized carbons (Fsp3) is 0.500. The maximum Gasteiger partial charge on any atom is 0.321 e. The van der Waals surface area contributed by atoms with E-state index in [0.717, 1.165) is 11.3 Å². The standard InChI is InChI=1S/C18H26N4O4/c1-3-19-18(25)20-16(23)13-21-7-9-22(10-8-21)17(24)12-14-5-4-6-15(11-14)26-2/h4-6,11H,3,7-10,12-13H2,1-2H3,(H2,19,20,23,25). The second-order valence-electron chi connectivity index (χ2n) is 6.09. The molecule has 0 atom stereocenters. The maximum absolute atomic E-state index is 12.4. The van der Waals surface area contributed by atoms with Gasteiger partial charge in [0.2, 0.25) is 11.8 Å². The maximum atomic E-state index is 12.4. The monoisotopic (exact) mass is 362 g/mol. The number of carbonyl (C=O) groups is 3. The number of hydrogen-bond donors (Lipinski definition) is 2. The first-order valence-corrected chi connectivity index (χ1v) is 8.72. The molecule has 0 bridgehead atoms. The van der Waals surface area contributed by atoms with Crippen molar-refractivity contribution in [1.82, 2.24) is 20.4 Å². The van der Waals surface area contributed by atoms with Crippen LogP contribution in [0.2, 0.25) is 0 Å². The lowest BCUT2D eigenvalue weighted by Crippen LogP contribution is -2.52. The summed E-state index contributed by atoms with van der Waals surface area (Å²) in [7, 11) is 1.60. The quantitative estimate of drug-likeness (QED) is 0.756. The first-order valence-electron chi connectivity index (χ1n) is 8.72. The van der Waals surface area contributed by atoms with Gasteiger partial charge in [0.15, 0.2) is 0 Å². The molecule has 0 unspecified atom stereocenters. The van der Waals surface area contributed by atoms with Crippen molar-refractivity contribution >= 4 is 17.8 Å². The Hall–Kier alpha value is -2.61. The molecule has 4 amide bonds. The molecule has 142 valence electrons. The third-order valence-electron chi connectivity index (χ3n) is 4.17. The van der Waals surface area contributed by atoms with Crippen LogP contribution in [0.25, 0.3) is 0 Å². The summed E-state index contributed by atoms with van der Waals surface area (Å²) in [5.74, 6) is 0.454. The molecule has 0 spiro atoms. The number of amides is 4. The fourth-order valence-corrected chi connectivity index (χ4v) is 2.80. The number of rotatable bonds is 6. The van der Waals surface area contributed by atoms with Gasteiger partial charge in [0.1, 0.15) is 5.75 Å². The molecule has 0 saturated carbocycles. The molecule has 0 aliphatic carbocycles. The van der Waals surface area contributed by atoms with Gasteiger partial charge >= 0.3 is 6.03 Å². The number of nitrogens with one attached hydrogen (secondary N) is 2. The molecule has 1 saturated heterocycles. The van der Waals surface area contributed by atoms with E-state index in [1.165, 1.54) is 0 Å². The normalized spacial score (nSPS) is 14.6. The lowest BCUT2D eigenvalue weighted by Gasteiger charge is -2.34. The van der Waals surface area contributed by atoms with Gasteiger partial charge in [-0.2, -0.15) is 0 Å². The van der Waals surface area contributed by atoms with E-state index in [-0.39, 0.29) is 18.4 Å². The smallest absolute Gasteiger partial charge is 0.321 e. The van der Waals surface area contributed by atoms with Crippen molar-refractivity contribution in [1.29, 1.82) is 0 Å². The number of ether oxygens (including phenoxy) is 1. The van der Waals surface area contributed by atoms with Gasteiger partial charge in [-0.15, -0.1) is 0 Å². The van der Waals surface area contributed by atoms with Gasteiger partial charge in [-0.05, 0) is 24.6 Å². The van der Waals surface area contributed by atoms with Gasteiger partial charge in [0.25, 0.3) is 0 Å². The molecule has 0 aromatic heterocycles. The van der Waals surface area contributed by atoms with E-state index in [1.54, 1.807) is 18.9 Å². The minimum absolute atomic E-state index is 0.0599. The minimum atomic E-state index is -0.482. The van der Waals surface area contributed by atoms with E-state index in [2.05, 4.69) is 10.6 Å². The number of nitrogens with zero attached hydrogens (tertiary/aromatic N) is 2. The number of imide groups is 1. The third-order valence-corrected chi connectivity index (χ3v) is 4.17. The molecule has 2 rings (SSSR count). The molecule has 0 radical (unpaired) electrons. The summed E-state index contributed by atoms with van der Waals surface area (Å²) < 4.78 is 5.18. The summed E-state index contributed by atoms with van der Waals surface area (Å²) >= 11 is 0. The van der Waals surface area contributed by atoms with E-state index in [0.29, 0.717) is 39.1 Å². The average molecular weight is 362 g/mol. The first-order chi connectivity index (χ1) is 12.5. The highest BCUT2D eigenvalue weighted by atomic mass is 16.5. The average Bonchev–Trinajstić information content (AvgIpc) is 2.62. The Morgan fingerprint density at radius 2 is 1.88 bits per heavy atom. The summed E-state index contributed by atoms with van der Waals surface area (Å²) in [6, 6.07) is 7.00. The van der Waals surface area contributed by atoms with Gasteiger partial charge in [-0.1, -0.05) is 12.1 Å². The van der Waals surface area contributed by atoms with Crippen molar-refractivity contribution in [2.75, 3.05) is 46.4 Å². The van der Waals surface area contributed by atoms with Crippen LogP contribution in [0.3, 0.4) is 0 Å². The second kappa shape index (κ2) is 9.76. The molecule has 8 heteroatoms. The van der Waals surface area contributed by atoms with Gasteiger partial charge < -0.3 is 15.0 Å². The number of piperazine rings is 1. The Labute approximate surface area is 153 Å². The summed E-state index contributed by atoms with van der Waals surface area (Å²) in [5.41, 5.74) is 0.915. The topological polar surface area (TPSA) is 91.0 Å². The van der Waals surface area contributed by atoms with Crippen molar-refractivity contribution in [2.45, 2.75) is 13.3 Å². The van der Waals surface area contributed by atoms with Crippen LogP contribution in [0.4, 0.5) is 4.79 Å². The van der Waals surface area contributed by atoms with Crippen LogP contribution in [0.5, 0.6) is 5.75 Å². The van der Waals surface area contributed by atoms with Crippen LogP contribution < -0.4 is 15.4 Å². The zero-order valence-electron chi connectivity index (χ0n) is 15.3. The van der Waals surface area contributed by atoms with Gasteiger partial charge in [-0.25, -0.2) is 4.79 Å². The van der Waals surface area contributed by atoms with Crippen LogP contribution in [-0.4, -0.2) is 74.0 Å². The Morgan fingerprint density at radius 1 is 1.15 bits per heavy atom. The summed E-state index contributed by atoms with van der Waals surface area (Å²) in [6.45, 7) is 4.74. The number of benzene rings is 1. The Bertz CT molecular complexity index is 642. The summed E-state index contributed by atoms with van der Waals surface area (Å²) in [5, 5.41) is 4.80. The Morgan fingerprint density at radius 3 is 2.54 bits per heavy atom. The second-order valence-corrected chi connectivity index (χ2v) is 6.09. The molecule has 1 aliphatic rings. The Kier molecular flexibility index (Phi) is 7.40. The summed E-state index contributed by atoms with van der Waals surface area (Å²) in [6.07, 6.45) is 0.328. The van der Waals surface area contributed by atoms with Crippen LogP contribution in [0.15, 0.2) is 24.3 Å². The molecule has 1 aromatic carbocycles. The van der Waals surface area contributed by atoms with Crippen LogP contribution in [-0.2, 0) is 16.0 Å². The number of urea groups is 1. The largest absolute Gasteiger partial charge is 0.497 e. The number of methoxy groups -OCH3 is 1. The van der Waals surface area contributed by atoms with Crippen molar-refractivity contribution < 1.29 is 19.1 Å². The van der Waals surface area contributed by atoms with E-state index in [9.17, 15) is 14.4 Å². The van der Waals surface area contributed by atoms with Crippen molar-refractivity contribution in [3.05, 3.63) is 29.8 Å². The molecule has 1 aromatic rings. The molecular weight excluding hydrogens is 336 g/mol. The van der Waals surface area contributed by atoms with E-state index < -0.39 is 6.03 Å². The van der Waals surface area contributed by atoms with E-state index in [4.69, 9.17) is 4.74 Å². The van der Waals surface area contributed by atoms with Crippen LogP contribution >= 0.6 is 0 Å².